The van der Waals surface area contributed by atoms with Gasteiger partial charge in [0.05, 0.1) is 25.9 Å². The van der Waals surface area contributed by atoms with Gasteiger partial charge < -0.3 is 81.6 Å². The summed E-state index contributed by atoms with van der Waals surface area (Å²) in [5.74, 6) is -15.1. The highest BCUT2D eigenvalue weighted by Crippen LogP contribution is 2.26. The van der Waals surface area contributed by atoms with E-state index in [0.717, 1.165) is 26.5 Å². The first-order valence-corrected chi connectivity index (χ1v) is 25.6. The predicted molar refractivity (Wildman–Crippen MR) is 276 cm³/mol. The molecule has 4 rings (SSSR count). The number of nitrogens with one attached hydrogen (secondary N) is 7. The number of aromatic hydroxyl groups is 1. The third-order valence-electron chi connectivity index (χ3n) is 11.0. The fourth-order valence-electron chi connectivity index (χ4n) is 7.26. The molecule has 2 heterocycles. The largest absolute Gasteiger partial charge is 0.508 e. The Morgan fingerprint density at radius 3 is 2.09 bits per heavy atom. The minimum absolute atomic E-state index is 0.0274. The Balaban J connectivity index is 1.83. The second-order valence-corrected chi connectivity index (χ2v) is 19.4. The third-order valence-corrected chi connectivity index (χ3v) is 13.4. The number of phenolic OH excluding ortho intramolecular Hbond substituents is 1. The van der Waals surface area contributed by atoms with Crippen LogP contribution in [0.25, 0.3) is 0 Å². The van der Waals surface area contributed by atoms with Crippen LogP contribution in [0.4, 0.5) is 0 Å². The van der Waals surface area contributed by atoms with Gasteiger partial charge in [-0.2, -0.15) is 0 Å². The van der Waals surface area contributed by atoms with Gasteiger partial charge in [0, 0.05) is 46.6 Å². The zero-order chi connectivity index (χ0) is 61.4. The normalized spacial score (nSPS) is 25.1. The Kier molecular flexibility index (Phi) is 19.7. The lowest BCUT2D eigenvalue weighted by molar-refractivity contribution is -0.142. The molecule has 408 valence electrons. The van der Waals surface area contributed by atoms with Gasteiger partial charge in [-0.15, -0.1) is 0 Å². The molecule has 2 fully saturated rings. The van der Waals surface area contributed by atoms with Crippen LogP contribution in [0.1, 0.15) is 65.7 Å². The molecule has 2 saturated heterocycles. The first-order chi connectivity index (χ1) is 38.4. The highest BCUT2D eigenvalue weighted by Gasteiger charge is 2.40. The monoisotopic (exact) mass is 1090 g/mol. The Morgan fingerprint density at radius 2 is 1.44 bits per heavy atom. The number of hydrogen-bond donors (Lipinski definition) is 14. The Bertz CT molecular complexity index is 2780. The number of nitrogens with two attached hydrogens (primary N) is 6. The van der Waals surface area contributed by atoms with Crippen LogP contribution >= 0.6 is 21.6 Å². The number of carbonyl (C=O) groups excluding carboxylic acids is 11. The summed E-state index contributed by atoms with van der Waals surface area (Å²) in [6.45, 7) is -0.645. The molecule has 75 heavy (non-hydrogen) atoms. The van der Waals surface area contributed by atoms with Crippen molar-refractivity contribution < 1.29 is 67.4 Å². The molecule has 2 aromatic carbocycles. The van der Waals surface area contributed by atoms with Crippen LogP contribution in [0, 0.1) is 0 Å². The van der Waals surface area contributed by atoms with Gasteiger partial charge in [0.1, 0.15) is 48.0 Å². The van der Waals surface area contributed by atoms with Gasteiger partial charge in [-0.3, -0.25) is 57.7 Å². The van der Waals surface area contributed by atoms with Gasteiger partial charge >= 0.3 is 0 Å². The maximum atomic E-state index is 14.7. The summed E-state index contributed by atoms with van der Waals surface area (Å²) in [5, 5.41) is 26.3. The van der Waals surface area contributed by atoms with Gasteiger partial charge in [-0.05, 0) is 55.3 Å². The van der Waals surface area contributed by atoms with Crippen LogP contribution < -0.4 is 71.6 Å². The lowest BCUT2D eigenvalue weighted by Gasteiger charge is -2.31. The van der Waals surface area contributed by atoms with Crippen molar-refractivity contribution in [3.8, 4) is 5.75 Å². The molecule has 29 heteroatoms. The molecule has 2 aliphatic heterocycles. The number of nitrogens with zero attached hydrogens (tertiary/aromatic N) is 2. The van der Waals surface area contributed by atoms with Crippen LogP contribution in [0.5, 0.6) is 5.75 Å². The van der Waals surface area contributed by atoms with E-state index < -0.39 is 199 Å². The molecule has 27 nitrogen and oxygen atoms in total. The lowest BCUT2D eigenvalue weighted by Crippen LogP contribution is -2.61. The molecule has 0 spiro atoms. The number of phenols is 1. The number of benzene rings is 2. The van der Waals surface area contributed by atoms with Crippen LogP contribution in [0.15, 0.2) is 59.5 Å². The zero-order valence-corrected chi connectivity index (χ0v) is 41.9. The highest BCUT2D eigenvalue weighted by atomic mass is 33.1. The first-order valence-electron chi connectivity index (χ1n) is 26.6. The van der Waals surface area contributed by atoms with Crippen LogP contribution in [-0.4, -0.2) is 160 Å². The maximum absolute atomic E-state index is 14.7. The first kappa shape index (κ1) is 49.5. The van der Waals surface area contributed by atoms with Gasteiger partial charge in [-0.25, -0.2) is 0 Å². The molecule has 0 radical (unpaired) electrons. The Morgan fingerprint density at radius 1 is 0.800 bits per heavy atom. The highest BCUT2D eigenvalue weighted by molar-refractivity contribution is 8.76. The van der Waals surface area contributed by atoms with Crippen molar-refractivity contribution in [2.75, 3.05) is 31.1 Å². The molecule has 0 aromatic heterocycles. The second-order valence-electron chi connectivity index (χ2n) is 16.8. The average molecular weight is 1090 g/mol. The smallest absolute Gasteiger partial charge is 0.246 e. The standard InChI is InChI=1S/C46H65N15O12S2/c47-27-22-74-75-23-33(45(73)61-17-5-9-34(61)44(72)56-28(8-4-16-53-46(51)52)39(67)54-21-37(50)65)60-43(71)32(20-36(49)64)59-40(68)29(14-15-35(48)63)55-41(69)31(18-24-6-2-1-3-7-24)58-42(70)30(57-38(27)66)19-25-10-12-26(62)13-11-25/h1-3,6-7,10-13,27-34,62H,4-5,8-9,14-23,47H2,(H2,48,63)(H2,49,64)(H2,50,65)(H,54,67)(H,55,69)(H,56,72)(H,57,66)(H,58,70)(H,59,68)(H,60,71)(H4,51,52,53)/t27-,28+,29+,30+,31-,32+,33-,34?/m0/s1/i10D,11D,12D,13D,19D2,30D. The number of guanidine groups is 1. The fraction of sp³-hybridized carbons (Fsp3) is 0.478. The number of amides is 11. The summed E-state index contributed by atoms with van der Waals surface area (Å²) in [6.07, 6.45) is -6.18. The molecule has 11 amide bonds. The van der Waals surface area contributed by atoms with E-state index in [0.29, 0.717) is 5.56 Å². The van der Waals surface area contributed by atoms with Crippen molar-refractivity contribution >= 4 is 92.5 Å². The van der Waals surface area contributed by atoms with E-state index in [4.69, 9.17) is 39.9 Å². The van der Waals surface area contributed by atoms with Crippen molar-refractivity contribution in [2.24, 2.45) is 39.4 Å². The summed E-state index contributed by atoms with van der Waals surface area (Å²) >= 11 is 0. The van der Waals surface area contributed by atoms with Crippen molar-refractivity contribution in [1.82, 2.24) is 42.1 Å². The minimum Gasteiger partial charge on any atom is -0.508 e. The fourth-order valence-corrected chi connectivity index (χ4v) is 9.53. The quantitative estimate of drug-likeness (QED) is 0.0270. The van der Waals surface area contributed by atoms with Crippen molar-refractivity contribution in [3.05, 3.63) is 65.6 Å². The number of primary amides is 3. The SMILES string of the molecule is [2H]c1c([2H])c(C([2H])([2H])[C@@]2([2H])NC(=O)[C@@H](N)CSSC[C@@H](C(=O)N3CCCC3C(=O)N[C@H](CCCN=C(N)N)C(=O)NCC(N)=O)NC(=O)[C@@H](CC(N)=O)NC(=O)[C@@H](CCC(N)=O)NC(=O)[C@H](Cc3ccccc3)NC2=O)c([2H])c([2H])c1O. The summed E-state index contributed by atoms with van der Waals surface area (Å²) in [4.78, 5) is 155. The summed E-state index contributed by atoms with van der Waals surface area (Å²) in [7, 11) is 1.53. The number of rotatable bonds is 19. The molecular weight excluding hydrogens is 1020 g/mol. The Hall–Kier alpha value is -7.66. The van der Waals surface area contributed by atoms with Gasteiger partial charge in [-0.1, -0.05) is 64.0 Å². The van der Waals surface area contributed by atoms with Crippen molar-refractivity contribution in [3.63, 3.8) is 0 Å². The zero-order valence-electron chi connectivity index (χ0n) is 47.2. The second kappa shape index (κ2) is 29.9. The van der Waals surface area contributed by atoms with E-state index in [9.17, 15) is 62.0 Å². The lowest BCUT2D eigenvalue weighted by atomic mass is 10.0. The average Bonchev–Trinajstić information content (AvgIpc) is 3.91. The molecular formula is C46H65N15O12S2. The molecule has 0 bridgehead atoms. The molecule has 8 atom stereocenters. The molecule has 2 aliphatic rings. The molecule has 2 aromatic rings. The molecule has 0 aliphatic carbocycles. The number of carbonyl (C=O) groups is 11. The van der Waals surface area contributed by atoms with Crippen LogP contribution in [-0.2, 0) is 65.5 Å². The van der Waals surface area contributed by atoms with Crippen molar-refractivity contribution in [2.45, 2.75) is 106 Å². The molecule has 0 saturated carbocycles. The molecule has 1 unspecified atom stereocenters. The summed E-state index contributed by atoms with van der Waals surface area (Å²) in [6, 6.07) is -12.9. The maximum Gasteiger partial charge on any atom is 0.246 e. The van der Waals surface area contributed by atoms with E-state index in [-0.39, 0.29) is 44.7 Å². The van der Waals surface area contributed by atoms with Crippen LogP contribution in [0.3, 0.4) is 0 Å². The third kappa shape index (κ3) is 20.3. The van der Waals surface area contributed by atoms with E-state index in [1.807, 2.05) is 5.32 Å². The van der Waals surface area contributed by atoms with E-state index in [1.54, 1.807) is 6.07 Å². The van der Waals surface area contributed by atoms with Crippen molar-refractivity contribution in [1.29, 1.82) is 0 Å². The van der Waals surface area contributed by atoms with Gasteiger partial charge in [0.2, 0.25) is 65.0 Å². The number of hydrogen-bond acceptors (Lipinski definition) is 16. The van der Waals surface area contributed by atoms with Crippen LogP contribution in [0.2, 0.25) is 0 Å². The van der Waals surface area contributed by atoms with Gasteiger partial charge in [0.15, 0.2) is 5.96 Å². The van der Waals surface area contributed by atoms with E-state index >= 15 is 0 Å². The summed E-state index contributed by atoms with van der Waals surface area (Å²) in [5.41, 5.74) is 32.2. The van der Waals surface area contributed by atoms with E-state index in [2.05, 4.69) is 36.9 Å². The van der Waals surface area contributed by atoms with Gasteiger partial charge in [0.25, 0.3) is 0 Å². The van der Waals surface area contributed by atoms with E-state index in [1.165, 1.54) is 24.3 Å². The predicted octanol–water partition coefficient (Wildman–Crippen LogP) is -5.40. The Labute approximate surface area is 448 Å². The molecule has 20 N–H and O–H groups in total. The number of likely N-dealkylation sites (tertiary alicyclic amines) is 1. The summed E-state index contributed by atoms with van der Waals surface area (Å²) < 4.78 is 61.3. The number of aliphatic imine (C=N–C) groups is 1. The minimum atomic E-state index is -3.81. The topological polar surface area (TPSA) is 464 Å².